The predicted octanol–water partition coefficient (Wildman–Crippen LogP) is 2.91. The summed E-state index contributed by atoms with van der Waals surface area (Å²) in [6.45, 7) is 4.74. The highest BCUT2D eigenvalue weighted by atomic mass is 35.5. The Morgan fingerprint density at radius 3 is 2.60 bits per heavy atom. The fourth-order valence-corrected chi connectivity index (χ4v) is 1.82. The van der Waals surface area contributed by atoms with E-state index in [1.165, 1.54) is 12.8 Å². The van der Waals surface area contributed by atoms with Gasteiger partial charge >= 0.3 is 0 Å². The monoisotopic (exact) mass is 226 g/mol. The van der Waals surface area contributed by atoms with Crippen molar-refractivity contribution in [2.75, 3.05) is 24.5 Å². The van der Waals surface area contributed by atoms with Gasteiger partial charge in [0.15, 0.2) is 0 Å². The predicted molar refractivity (Wildman–Crippen MR) is 67.6 cm³/mol. The molecule has 0 aliphatic rings. The van der Waals surface area contributed by atoms with Crippen LogP contribution in [0.3, 0.4) is 0 Å². The van der Waals surface area contributed by atoms with Gasteiger partial charge < -0.3 is 10.6 Å². The Kier molecular flexibility index (Phi) is 5.51. The van der Waals surface area contributed by atoms with Gasteiger partial charge in [0.05, 0.1) is 10.7 Å². The fourth-order valence-electron chi connectivity index (χ4n) is 1.57. The molecular weight excluding hydrogens is 208 g/mol. The largest absolute Gasteiger partial charge is 0.369 e. The summed E-state index contributed by atoms with van der Waals surface area (Å²) >= 11 is 6.15. The lowest BCUT2D eigenvalue weighted by atomic mass is 10.2. The summed E-state index contributed by atoms with van der Waals surface area (Å²) in [4.78, 5) is 2.26. The number of anilines is 1. The second kappa shape index (κ2) is 6.70. The molecule has 0 atom stereocenters. The van der Waals surface area contributed by atoms with Crippen LogP contribution in [0.25, 0.3) is 0 Å². The minimum absolute atomic E-state index is 0.662. The van der Waals surface area contributed by atoms with E-state index in [4.69, 9.17) is 17.3 Å². The van der Waals surface area contributed by atoms with Gasteiger partial charge in [-0.1, -0.05) is 37.1 Å². The molecule has 0 aliphatic heterocycles. The Morgan fingerprint density at radius 1 is 1.27 bits per heavy atom. The molecule has 0 heterocycles. The van der Waals surface area contributed by atoms with E-state index in [1.54, 1.807) is 0 Å². The van der Waals surface area contributed by atoms with Gasteiger partial charge in [-0.05, 0) is 18.6 Å². The van der Waals surface area contributed by atoms with Crippen LogP contribution in [0, 0.1) is 0 Å². The summed E-state index contributed by atoms with van der Waals surface area (Å²) in [6.07, 6.45) is 2.36. The van der Waals surface area contributed by atoms with Crippen LogP contribution < -0.4 is 10.6 Å². The van der Waals surface area contributed by atoms with Crippen molar-refractivity contribution in [2.24, 2.45) is 5.73 Å². The zero-order chi connectivity index (χ0) is 11.1. The first-order chi connectivity index (χ1) is 7.29. The summed E-state index contributed by atoms with van der Waals surface area (Å²) in [7, 11) is 0. The Balaban J connectivity index is 2.74. The van der Waals surface area contributed by atoms with E-state index >= 15 is 0 Å². The average molecular weight is 227 g/mol. The molecule has 0 aromatic heterocycles. The lowest BCUT2D eigenvalue weighted by Gasteiger charge is -2.25. The SMILES string of the molecule is CCCCN(CCN)c1ccccc1Cl. The molecule has 1 rings (SSSR count). The van der Waals surface area contributed by atoms with Crippen molar-refractivity contribution in [3.05, 3.63) is 29.3 Å². The lowest BCUT2D eigenvalue weighted by Crippen LogP contribution is -2.30. The molecule has 84 valence electrons. The number of hydrogen-bond acceptors (Lipinski definition) is 2. The van der Waals surface area contributed by atoms with Crippen LogP contribution >= 0.6 is 11.6 Å². The Morgan fingerprint density at radius 2 is 2.00 bits per heavy atom. The Bertz CT molecular complexity index is 289. The Labute approximate surface area is 97.0 Å². The van der Waals surface area contributed by atoms with Gasteiger partial charge in [-0.2, -0.15) is 0 Å². The molecule has 0 spiro atoms. The molecule has 0 fully saturated rings. The van der Waals surface area contributed by atoms with E-state index in [2.05, 4.69) is 11.8 Å². The van der Waals surface area contributed by atoms with Crippen LogP contribution in [0.1, 0.15) is 19.8 Å². The summed E-state index contributed by atoms with van der Waals surface area (Å²) < 4.78 is 0. The minimum atomic E-state index is 0.662. The maximum Gasteiger partial charge on any atom is 0.0639 e. The first kappa shape index (κ1) is 12.3. The third-order valence-corrected chi connectivity index (χ3v) is 2.69. The molecule has 1 aromatic carbocycles. The molecule has 0 radical (unpaired) electrons. The van der Waals surface area contributed by atoms with Crippen LogP contribution in [-0.4, -0.2) is 19.6 Å². The molecule has 0 amide bonds. The van der Waals surface area contributed by atoms with Gasteiger partial charge in [0.1, 0.15) is 0 Å². The maximum absolute atomic E-state index is 6.15. The van der Waals surface area contributed by atoms with Crippen molar-refractivity contribution in [2.45, 2.75) is 19.8 Å². The molecule has 2 nitrogen and oxygen atoms in total. The number of halogens is 1. The first-order valence-electron chi connectivity index (χ1n) is 5.49. The average Bonchev–Trinajstić information content (AvgIpc) is 2.25. The standard InChI is InChI=1S/C12H19ClN2/c1-2-3-9-15(10-8-14)12-7-5-4-6-11(12)13/h4-7H,2-3,8-10,14H2,1H3. The fraction of sp³-hybridized carbons (Fsp3) is 0.500. The summed E-state index contributed by atoms with van der Waals surface area (Å²) in [5.74, 6) is 0. The molecule has 1 aromatic rings. The number of unbranched alkanes of at least 4 members (excludes halogenated alkanes) is 1. The van der Waals surface area contributed by atoms with E-state index in [-0.39, 0.29) is 0 Å². The summed E-state index contributed by atoms with van der Waals surface area (Å²) in [6, 6.07) is 7.93. The zero-order valence-electron chi connectivity index (χ0n) is 9.25. The molecule has 0 unspecified atom stereocenters. The summed E-state index contributed by atoms with van der Waals surface area (Å²) in [5, 5.41) is 0.807. The van der Waals surface area contributed by atoms with Gasteiger partial charge in [-0.25, -0.2) is 0 Å². The summed E-state index contributed by atoms with van der Waals surface area (Å²) in [5.41, 5.74) is 6.70. The second-order valence-corrected chi connectivity index (χ2v) is 3.99. The van der Waals surface area contributed by atoms with Gasteiger partial charge in [-0.3, -0.25) is 0 Å². The van der Waals surface area contributed by atoms with Crippen molar-refractivity contribution < 1.29 is 0 Å². The van der Waals surface area contributed by atoms with Crippen LogP contribution in [-0.2, 0) is 0 Å². The van der Waals surface area contributed by atoms with Crippen molar-refractivity contribution in [3.8, 4) is 0 Å². The number of nitrogens with two attached hydrogens (primary N) is 1. The normalized spacial score (nSPS) is 10.3. The van der Waals surface area contributed by atoms with Crippen LogP contribution in [0.15, 0.2) is 24.3 Å². The zero-order valence-corrected chi connectivity index (χ0v) is 10.0. The highest BCUT2D eigenvalue weighted by molar-refractivity contribution is 6.33. The molecule has 3 heteroatoms. The lowest BCUT2D eigenvalue weighted by molar-refractivity contribution is 0.716. The second-order valence-electron chi connectivity index (χ2n) is 3.58. The van der Waals surface area contributed by atoms with Crippen molar-refractivity contribution in [1.82, 2.24) is 0 Å². The number of hydrogen-bond donors (Lipinski definition) is 1. The Hall–Kier alpha value is -0.730. The molecule has 0 bridgehead atoms. The van der Waals surface area contributed by atoms with Crippen molar-refractivity contribution >= 4 is 17.3 Å². The van der Waals surface area contributed by atoms with E-state index in [1.807, 2.05) is 24.3 Å². The van der Waals surface area contributed by atoms with Crippen LogP contribution in [0.2, 0.25) is 5.02 Å². The molecular formula is C12H19ClN2. The van der Waals surface area contributed by atoms with Crippen molar-refractivity contribution in [3.63, 3.8) is 0 Å². The van der Waals surface area contributed by atoms with E-state index < -0.39 is 0 Å². The van der Waals surface area contributed by atoms with Crippen LogP contribution in [0.4, 0.5) is 5.69 Å². The molecule has 0 aliphatic carbocycles. The van der Waals surface area contributed by atoms with Gasteiger partial charge in [-0.15, -0.1) is 0 Å². The minimum Gasteiger partial charge on any atom is -0.369 e. The number of benzene rings is 1. The first-order valence-corrected chi connectivity index (χ1v) is 5.87. The number of rotatable bonds is 6. The van der Waals surface area contributed by atoms with E-state index in [0.717, 1.165) is 23.8 Å². The molecule has 2 N–H and O–H groups in total. The molecule has 0 saturated carbocycles. The third-order valence-electron chi connectivity index (χ3n) is 2.37. The topological polar surface area (TPSA) is 29.3 Å². The van der Waals surface area contributed by atoms with Gasteiger partial charge in [0.25, 0.3) is 0 Å². The van der Waals surface area contributed by atoms with Gasteiger partial charge in [0.2, 0.25) is 0 Å². The molecule has 0 saturated heterocycles. The highest BCUT2D eigenvalue weighted by Crippen LogP contribution is 2.25. The van der Waals surface area contributed by atoms with Crippen LogP contribution in [0.5, 0.6) is 0 Å². The smallest absolute Gasteiger partial charge is 0.0639 e. The number of nitrogens with zero attached hydrogens (tertiary/aromatic N) is 1. The molecule has 15 heavy (non-hydrogen) atoms. The van der Waals surface area contributed by atoms with Crippen molar-refractivity contribution in [1.29, 1.82) is 0 Å². The number of para-hydroxylation sites is 1. The van der Waals surface area contributed by atoms with E-state index in [9.17, 15) is 0 Å². The van der Waals surface area contributed by atoms with Gasteiger partial charge in [0, 0.05) is 19.6 Å². The highest BCUT2D eigenvalue weighted by Gasteiger charge is 2.07. The quantitative estimate of drug-likeness (QED) is 0.808. The van der Waals surface area contributed by atoms with E-state index in [0.29, 0.717) is 6.54 Å². The maximum atomic E-state index is 6.15. The third kappa shape index (κ3) is 3.73.